The molecule has 0 aliphatic heterocycles. The van der Waals surface area contributed by atoms with E-state index in [1.807, 2.05) is 0 Å². The van der Waals surface area contributed by atoms with Gasteiger partial charge >= 0.3 is 6.18 Å². The summed E-state index contributed by atoms with van der Waals surface area (Å²) in [5.41, 5.74) is 3.88. The van der Waals surface area contributed by atoms with E-state index in [-0.39, 0.29) is 11.0 Å². The minimum atomic E-state index is -4.59. The summed E-state index contributed by atoms with van der Waals surface area (Å²) in [6.07, 6.45) is -4.59. The van der Waals surface area contributed by atoms with E-state index in [1.54, 1.807) is 0 Å². The molecule has 0 fully saturated rings. The van der Waals surface area contributed by atoms with Crippen molar-refractivity contribution in [3.63, 3.8) is 0 Å². The standard InChI is InChI=1S/C9H5F4N3S/c10-4-1-2-6(9(11,12)13)5(3-4)7-15-8(14)17-16-7/h1-3H,(H2,14,15,16). The van der Waals surface area contributed by atoms with Gasteiger partial charge in [-0.25, -0.2) is 4.39 Å². The van der Waals surface area contributed by atoms with Crippen LogP contribution in [0.4, 0.5) is 22.7 Å². The molecule has 8 heteroatoms. The molecule has 0 spiro atoms. The third kappa shape index (κ3) is 2.36. The van der Waals surface area contributed by atoms with Gasteiger partial charge in [-0.15, -0.1) is 0 Å². The molecule has 2 N–H and O–H groups in total. The van der Waals surface area contributed by atoms with Crippen molar-refractivity contribution in [2.45, 2.75) is 6.18 Å². The Balaban J connectivity index is 2.63. The number of hydrogen-bond acceptors (Lipinski definition) is 4. The molecule has 0 radical (unpaired) electrons. The highest BCUT2D eigenvalue weighted by atomic mass is 32.1. The average Bonchev–Trinajstić information content (AvgIpc) is 2.62. The van der Waals surface area contributed by atoms with Crippen molar-refractivity contribution < 1.29 is 17.6 Å². The van der Waals surface area contributed by atoms with Gasteiger partial charge in [-0.1, -0.05) is 0 Å². The number of rotatable bonds is 1. The summed E-state index contributed by atoms with van der Waals surface area (Å²) in [4.78, 5) is 3.61. The van der Waals surface area contributed by atoms with Crippen LogP contribution in [0.1, 0.15) is 5.56 Å². The number of anilines is 1. The van der Waals surface area contributed by atoms with E-state index >= 15 is 0 Å². The molecule has 0 unspecified atom stereocenters. The normalized spacial score (nSPS) is 11.8. The number of benzene rings is 1. The molecule has 1 heterocycles. The molecule has 17 heavy (non-hydrogen) atoms. The molecule has 0 aliphatic rings. The highest BCUT2D eigenvalue weighted by Crippen LogP contribution is 2.36. The van der Waals surface area contributed by atoms with Crippen LogP contribution in [0.5, 0.6) is 0 Å². The fourth-order valence-electron chi connectivity index (χ4n) is 1.29. The van der Waals surface area contributed by atoms with E-state index in [1.165, 1.54) is 0 Å². The Hall–Kier alpha value is -1.70. The van der Waals surface area contributed by atoms with Gasteiger partial charge in [-0.05, 0) is 18.2 Å². The van der Waals surface area contributed by atoms with Crippen LogP contribution in [0, 0.1) is 5.82 Å². The SMILES string of the molecule is Nc1nc(-c2cc(F)ccc2C(F)(F)F)ns1. The van der Waals surface area contributed by atoms with Gasteiger partial charge in [0.1, 0.15) is 5.82 Å². The average molecular weight is 263 g/mol. The van der Waals surface area contributed by atoms with Gasteiger partial charge in [0.15, 0.2) is 11.0 Å². The molecule has 0 aliphatic carbocycles. The fourth-order valence-corrected chi connectivity index (χ4v) is 1.74. The van der Waals surface area contributed by atoms with Gasteiger partial charge in [0, 0.05) is 17.1 Å². The van der Waals surface area contributed by atoms with Gasteiger partial charge in [0.05, 0.1) is 5.56 Å². The maximum atomic E-state index is 13.0. The lowest BCUT2D eigenvalue weighted by molar-refractivity contribution is -0.137. The molecule has 3 nitrogen and oxygen atoms in total. The Bertz CT molecular complexity index is 549. The zero-order valence-corrected chi connectivity index (χ0v) is 8.94. The minimum Gasteiger partial charge on any atom is -0.374 e. The molecular weight excluding hydrogens is 258 g/mol. The highest BCUT2D eigenvalue weighted by Gasteiger charge is 2.34. The van der Waals surface area contributed by atoms with E-state index in [0.29, 0.717) is 6.07 Å². The van der Waals surface area contributed by atoms with Crippen LogP contribution in [0.2, 0.25) is 0 Å². The molecule has 0 bridgehead atoms. The minimum absolute atomic E-state index is 0.0254. The van der Waals surface area contributed by atoms with E-state index in [0.717, 1.165) is 23.7 Å². The van der Waals surface area contributed by atoms with Crippen LogP contribution >= 0.6 is 11.5 Å². The first-order valence-corrected chi connectivity index (χ1v) is 5.11. The van der Waals surface area contributed by atoms with Crippen LogP contribution in [0.3, 0.4) is 0 Å². The predicted molar refractivity (Wildman–Crippen MR) is 54.7 cm³/mol. The number of halogens is 4. The Morgan fingerprint density at radius 2 is 1.94 bits per heavy atom. The molecule has 2 aromatic rings. The third-order valence-corrected chi connectivity index (χ3v) is 2.51. The first-order valence-electron chi connectivity index (χ1n) is 4.34. The van der Waals surface area contributed by atoms with Crippen molar-refractivity contribution in [2.24, 2.45) is 0 Å². The third-order valence-electron chi connectivity index (χ3n) is 1.97. The zero-order chi connectivity index (χ0) is 12.6. The molecule has 1 aromatic carbocycles. The number of alkyl halides is 3. The Kier molecular flexibility index (Phi) is 2.74. The first kappa shape index (κ1) is 11.8. The van der Waals surface area contributed by atoms with Crippen LogP contribution < -0.4 is 5.73 Å². The lowest BCUT2D eigenvalue weighted by Crippen LogP contribution is -2.08. The van der Waals surface area contributed by atoms with Crippen molar-refractivity contribution in [1.82, 2.24) is 9.36 Å². The van der Waals surface area contributed by atoms with E-state index < -0.39 is 23.1 Å². The largest absolute Gasteiger partial charge is 0.417 e. The van der Waals surface area contributed by atoms with Gasteiger partial charge in [-0.2, -0.15) is 22.5 Å². The second kappa shape index (κ2) is 3.95. The fraction of sp³-hybridized carbons (Fsp3) is 0.111. The molecule has 0 amide bonds. The van der Waals surface area contributed by atoms with Crippen LogP contribution in [-0.2, 0) is 6.18 Å². The van der Waals surface area contributed by atoms with E-state index in [9.17, 15) is 17.6 Å². The topological polar surface area (TPSA) is 51.8 Å². The maximum Gasteiger partial charge on any atom is 0.417 e. The van der Waals surface area contributed by atoms with E-state index in [4.69, 9.17) is 5.73 Å². The van der Waals surface area contributed by atoms with Crippen LogP contribution in [0.25, 0.3) is 11.4 Å². The molecular formula is C9H5F4N3S. The first-order chi connectivity index (χ1) is 7.88. The van der Waals surface area contributed by atoms with Crippen molar-refractivity contribution >= 4 is 16.7 Å². The van der Waals surface area contributed by atoms with Crippen molar-refractivity contribution in [2.75, 3.05) is 5.73 Å². The van der Waals surface area contributed by atoms with E-state index in [2.05, 4.69) is 9.36 Å². The van der Waals surface area contributed by atoms with Gasteiger partial charge in [0.25, 0.3) is 0 Å². The number of nitrogen functional groups attached to an aromatic ring is 1. The lowest BCUT2D eigenvalue weighted by Gasteiger charge is -2.10. The molecule has 90 valence electrons. The summed E-state index contributed by atoms with van der Waals surface area (Å²) in [6.45, 7) is 0. The number of nitrogens with two attached hydrogens (primary N) is 1. The molecule has 0 saturated heterocycles. The summed E-state index contributed by atoms with van der Waals surface area (Å²) in [6, 6.07) is 2.13. The maximum absolute atomic E-state index is 13.0. The Morgan fingerprint density at radius 1 is 1.24 bits per heavy atom. The Morgan fingerprint density at radius 3 is 2.47 bits per heavy atom. The quantitative estimate of drug-likeness (QED) is 0.805. The number of aromatic nitrogens is 2. The monoisotopic (exact) mass is 263 g/mol. The second-order valence-electron chi connectivity index (χ2n) is 3.14. The smallest absolute Gasteiger partial charge is 0.374 e. The van der Waals surface area contributed by atoms with Crippen molar-refractivity contribution in [3.05, 3.63) is 29.6 Å². The molecule has 1 aromatic heterocycles. The number of nitrogens with zero attached hydrogens (tertiary/aromatic N) is 2. The number of hydrogen-bond donors (Lipinski definition) is 1. The predicted octanol–water partition coefficient (Wildman–Crippen LogP) is 2.95. The summed E-state index contributed by atoms with van der Waals surface area (Å²) < 4.78 is 54.6. The van der Waals surface area contributed by atoms with Crippen molar-refractivity contribution in [3.8, 4) is 11.4 Å². The summed E-state index contributed by atoms with van der Waals surface area (Å²) in [7, 11) is 0. The molecule has 2 rings (SSSR count). The van der Waals surface area contributed by atoms with Crippen molar-refractivity contribution in [1.29, 1.82) is 0 Å². The summed E-state index contributed by atoms with van der Waals surface area (Å²) >= 11 is 0.751. The summed E-state index contributed by atoms with van der Waals surface area (Å²) in [5.74, 6) is -1.01. The highest BCUT2D eigenvalue weighted by molar-refractivity contribution is 7.09. The lowest BCUT2D eigenvalue weighted by atomic mass is 10.1. The summed E-state index contributed by atoms with van der Waals surface area (Å²) in [5, 5.41) is 0.0254. The van der Waals surface area contributed by atoms with Gasteiger partial charge < -0.3 is 5.73 Å². The van der Waals surface area contributed by atoms with Crippen LogP contribution in [0.15, 0.2) is 18.2 Å². The molecule has 0 saturated carbocycles. The van der Waals surface area contributed by atoms with Crippen LogP contribution in [-0.4, -0.2) is 9.36 Å². The zero-order valence-electron chi connectivity index (χ0n) is 8.12. The van der Waals surface area contributed by atoms with Gasteiger partial charge in [-0.3, -0.25) is 0 Å². The van der Waals surface area contributed by atoms with Gasteiger partial charge in [0.2, 0.25) is 0 Å². The second-order valence-corrected chi connectivity index (χ2v) is 3.93. The Labute approximate surface area is 97.1 Å². The molecule has 0 atom stereocenters.